The number of carboxylic acid groups (broad SMARTS) is 1. The van der Waals surface area contributed by atoms with Gasteiger partial charge in [-0.15, -0.1) is 0 Å². The summed E-state index contributed by atoms with van der Waals surface area (Å²) in [4.78, 5) is 32.7. The smallest absolute Gasteiger partial charge is 0.407 e. The van der Waals surface area contributed by atoms with Gasteiger partial charge in [-0.3, -0.25) is 4.79 Å². The molecule has 1 aromatic heterocycles. The number of halogens is 1. The lowest BCUT2D eigenvalue weighted by Crippen LogP contribution is -2.60. The first kappa shape index (κ1) is 22.8. The summed E-state index contributed by atoms with van der Waals surface area (Å²) in [5, 5.41) is 9.54. The van der Waals surface area contributed by atoms with Gasteiger partial charge in [-0.1, -0.05) is 34.6 Å². The highest BCUT2D eigenvalue weighted by Gasteiger charge is 2.39. The normalized spacial score (nSPS) is 17.3. The standard InChI is InChI=1S/C23H31FN4O3/c1-15(2)21-25-18(16-6-8-17(24)9-7-16)12-27(21)14-20(29)26-10-11-28(22(30)31)19(13-26)23(3,4)5/h6-9,12,15,19H,10-11,13-14H2,1-5H3,(H,30,31). The van der Waals surface area contributed by atoms with E-state index < -0.39 is 6.09 Å². The average molecular weight is 431 g/mol. The molecule has 0 saturated carbocycles. The van der Waals surface area contributed by atoms with Crippen molar-refractivity contribution in [1.29, 1.82) is 0 Å². The molecular formula is C23H31FN4O3. The first-order valence-corrected chi connectivity index (χ1v) is 10.6. The lowest BCUT2D eigenvalue weighted by atomic mass is 9.84. The largest absolute Gasteiger partial charge is 0.465 e. The Morgan fingerprint density at radius 2 is 1.84 bits per heavy atom. The number of hydrogen-bond acceptors (Lipinski definition) is 3. The number of carbonyl (C=O) groups is 2. The van der Waals surface area contributed by atoms with Gasteiger partial charge in [0.2, 0.25) is 5.91 Å². The maximum Gasteiger partial charge on any atom is 0.407 e. The predicted molar refractivity (Wildman–Crippen MR) is 116 cm³/mol. The summed E-state index contributed by atoms with van der Waals surface area (Å²) >= 11 is 0. The van der Waals surface area contributed by atoms with E-state index in [9.17, 15) is 19.1 Å². The first-order valence-electron chi connectivity index (χ1n) is 10.6. The number of aromatic nitrogens is 2. The van der Waals surface area contributed by atoms with Crippen molar-refractivity contribution in [3.63, 3.8) is 0 Å². The molecule has 3 rings (SSSR count). The van der Waals surface area contributed by atoms with Gasteiger partial charge in [0.15, 0.2) is 0 Å². The molecule has 8 heteroatoms. The summed E-state index contributed by atoms with van der Waals surface area (Å²) in [6.07, 6.45) is 0.877. The molecule has 0 radical (unpaired) electrons. The Hall–Kier alpha value is -2.90. The fourth-order valence-electron chi connectivity index (χ4n) is 4.00. The van der Waals surface area contributed by atoms with Crippen molar-refractivity contribution in [3.8, 4) is 11.3 Å². The van der Waals surface area contributed by atoms with Crippen LogP contribution in [0.5, 0.6) is 0 Å². The Balaban J connectivity index is 1.81. The van der Waals surface area contributed by atoms with Crippen LogP contribution in [0.3, 0.4) is 0 Å². The summed E-state index contributed by atoms with van der Waals surface area (Å²) in [5.41, 5.74) is 1.20. The maximum absolute atomic E-state index is 13.3. The molecule has 168 valence electrons. The first-order chi connectivity index (χ1) is 14.5. The fourth-order valence-corrected chi connectivity index (χ4v) is 4.00. The molecule has 0 aliphatic carbocycles. The van der Waals surface area contributed by atoms with Crippen LogP contribution in [-0.4, -0.2) is 62.1 Å². The van der Waals surface area contributed by atoms with Crippen molar-refractivity contribution in [2.24, 2.45) is 5.41 Å². The quantitative estimate of drug-likeness (QED) is 0.794. The highest BCUT2D eigenvalue weighted by atomic mass is 19.1. The molecular weight excluding hydrogens is 399 g/mol. The minimum absolute atomic E-state index is 0.0655. The molecule has 1 aliphatic rings. The van der Waals surface area contributed by atoms with Crippen LogP contribution in [0.4, 0.5) is 9.18 Å². The molecule has 7 nitrogen and oxygen atoms in total. The number of rotatable bonds is 4. The molecule has 1 aliphatic heterocycles. The van der Waals surface area contributed by atoms with Crippen molar-refractivity contribution in [2.45, 2.75) is 53.1 Å². The van der Waals surface area contributed by atoms with Gasteiger partial charge in [-0.05, 0) is 29.7 Å². The molecule has 1 atom stereocenters. The number of carbonyl (C=O) groups excluding carboxylic acids is 1. The Kier molecular flexibility index (Phi) is 6.38. The van der Waals surface area contributed by atoms with Crippen molar-refractivity contribution >= 4 is 12.0 Å². The van der Waals surface area contributed by atoms with Crippen LogP contribution in [0.2, 0.25) is 0 Å². The number of amides is 2. The summed E-state index contributed by atoms with van der Waals surface area (Å²) in [5.74, 6) is 0.512. The SMILES string of the molecule is CC(C)c1nc(-c2ccc(F)cc2)cn1CC(=O)N1CCN(C(=O)O)C(C(C)(C)C)C1. The van der Waals surface area contributed by atoms with Gasteiger partial charge in [0.25, 0.3) is 0 Å². The van der Waals surface area contributed by atoms with E-state index in [1.54, 1.807) is 17.0 Å². The van der Waals surface area contributed by atoms with E-state index in [4.69, 9.17) is 0 Å². The zero-order valence-electron chi connectivity index (χ0n) is 18.8. The second-order valence-corrected chi connectivity index (χ2v) is 9.47. The van der Waals surface area contributed by atoms with Crippen molar-refractivity contribution in [3.05, 3.63) is 42.1 Å². The van der Waals surface area contributed by atoms with Crippen molar-refractivity contribution in [1.82, 2.24) is 19.4 Å². The van der Waals surface area contributed by atoms with Gasteiger partial charge in [-0.2, -0.15) is 0 Å². The van der Waals surface area contributed by atoms with Crippen LogP contribution in [0, 0.1) is 11.2 Å². The van der Waals surface area contributed by atoms with Crippen LogP contribution >= 0.6 is 0 Å². The molecule has 1 saturated heterocycles. The highest BCUT2D eigenvalue weighted by Crippen LogP contribution is 2.28. The molecule has 1 fully saturated rings. The van der Waals surface area contributed by atoms with E-state index in [0.717, 1.165) is 11.4 Å². The maximum atomic E-state index is 13.3. The summed E-state index contributed by atoms with van der Waals surface area (Å²) in [7, 11) is 0. The molecule has 1 N–H and O–H groups in total. The second kappa shape index (κ2) is 8.69. The molecule has 0 spiro atoms. The summed E-state index contributed by atoms with van der Waals surface area (Å²) < 4.78 is 15.1. The van der Waals surface area contributed by atoms with Crippen LogP contribution in [0.25, 0.3) is 11.3 Å². The minimum atomic E-state index is -0.951. The van der Waals surface area contributed by atoms with Crippen molar-refractivity contribution in [2.75, 3.05) is 19.6 Å². The fraction of sp³-hybridized carbons (Fsp3) is 0.522. The molecule has 1 aromatic carbocycles. The van der Waals surface area contributed by atoms with E-state index >= 15 is 0 Å². The van der Waals surface area contributed by atoms with Gasteiger partial charge in [-0.25, -0.2) is 14.2 Å². The zero-order valence-corrected chi connectivity index (χ0v) is 18.8. The highest BCUT2D eigenvalue weighted by molar-refractivity contribution is 5.77. The zero-order chi connectivity index (χ0) is 22.9. The van der Waals surface area contributed by atoms with Crippen molar-refractivity contribution < 1.29 is 19.1 Å². The number of benzene rings is 1. The van der Waals surface area contributed by atoms with Crippen LogP contribution in [0.15, 0.2) is 30.5 Å². The van der Waals surface area contributed by atoms with Gasteiger partial charge in [0.1, 0.15) is 18.2 Å². The minimum Gasteiger partial charge on any atom is -0.465 e. The Labute approximate surface area is 182 Å². The molecule has 1 unspecified atom stereocenters. The second-order valence-electron chi connectivity index (χ2n) is 9.47. The number of hydrogen-bond donors (Lipinski definition) is 1. The van der Waals surface area contributed by atoms with E-state index in [2.05, 4.69) is 4.98 Å². The predicted octanol–water partition coefficient (Wildman–Crippen LogP) is 4.05. The Morgan fingerprint density at radius 1 is 1.19 bits per heavy atom. The Morgan fingerprint density at radius 3 is 2.39 bits per heavy atom. The lowest BCUT2D eigenvalue weighted by molar-refractivity contribution is -0.135. The number of piperazine rings is 1. The average Bonchev–Trinajstić information content (AvgIpc) is 3.11. The van der Waals surface area contributed by atoms with E-state index in [1.807, 2.05) is 45.4 Å². The Bertz CT molecular complexity index is 947. The lowest BCUT2D eigenvalue weighted by Gasteiger charge is -2.46. The van der Waals surface area contributed by atoms with Crippen LogP contribution in [-0.2, 0) is 11.3 Å². The molecule has 2 aromatic rings. The summed E-state index contributed by atoms with van der Waals surface area (Å²) in [6.45, 7) is 11.2. The topological polar surface area (TPSA) is 78.7 Å². The molecule has 2 heterocycles. The number of imidazole rings is 1. The van der Waals surface area contributed by atoms with E-state index in [0.29, 0.717) is 25.3 Å². The van der Waals surface area contributed by atoms with Crippen LogP contribution < -0.4 is 0 Å². The van der Waals surface area contributed by atoms with Gasteiger partial charge in [0, 0.05) is 37.3 Å². The van der Waals surface area contributed by atoms with E-state index in [1.165, 1.54) is 17.0 Å². The molecule has 0 bridgehead atoms. The third-order valence-electron chi connectivity index (χ3n) is 5.75. The third-order valence-corrected chi connectivity index (χ3v) is 5.75. The summed E-state index contributed by atoms with van der Waals surface area (Å²) in [6, 6.07) is 5.86. The monoisotopic (exact) mass is 430 g/mol. The third kappa shape index (κ3) is 5.06. The van der Waals surface area contributed by atoms with Crippen LogP contribution in [0.1, 0.15) is 46.4 Å². The van der Waals surface area contributed by atoms with E-state index in [-0.39, 0.29) is 35.6 Å². The molecule has 2 amide bonds. The molecule has 31 heavy (non-hydrogen) atoms. The van der Waals surface area contributed by atoms with Gasteiger partial charge < -0.3 is 19.5 Å². The number of nitrogens with zero attached hydrogens (tertiary/aromatic N) is 4. The van der Waals surface area contributed by atoms with Gasteiger partial charge in [0.05, 0.1) is 11.7 Å². The van der Waals surface area contributed by atoms with Gasteiger partial charge >= 0.3 is 6.09 Å².